The largest absolute Gasteiger partial charge is 0.507 e. The van der Waals surface area contributed by atoms with Crippen LogP contribution in [0.15, 0.2) is 18.2 Å². The van der Waals surface area contributed by atoms with E-state index in [9.17, 15) is 9.90 Å². The Morgan fingerprint density at radius 2 is 2.13 bits per heavy atom. The lowest BCUT2D eigenvalue weighted by molar-refractivity contribution is 0.0693. The number of aromatic hydroxyl groups is 1. The summed E-state index contributed by atoms with van der Waals surface area (Å²) in [7, 11) is 0. The molecule has 1 rings (SSSR count). The van der Waals surface area contributed by atoms with Gasteiger partial charge in [-0.2, -0.15) is 0 Å². The molecule has 0 radical (unpaired) electrons. The standard InChI is InChI=1S/C10H13NO4/c11-8(3-4-12)6-1-2-9(13)7(5-6)10(14)15/h1-2,5,8,12-13H,3-4,11H2,(H,14,15)/t8-/m1/s1. The van der Waals surface area contributed by atoms with Crippen LogP contribution in [0.5, 0.6) is 5.75 Å². The molecule has 1 aromatic carbocycles. The van der Waals surface area contributed by atoms with Gasteiger partial charge in [-0.1, -0.05) is 6.07 Å². The van der Waals surface area contributed by atoms with E-state index in [1.165, 1.54) is 12.1 Å². The van der Waals surface area contributed by atoms with E-state index < -0.39 is 12.0 Å². The summed E-state index contributed by atoms with van der Waals surface area (Å²) < 4.78 is 0. The summed E-state index contributed by atoms with van der Waals surface area (Å²) in [6.45, 7) is -0.0650. The fraction of sp³-hybridized carbons (Fsp3) is 0.300. The van der Waals surface area contributed by atoms with E-state index in [-0.39, 0.29) is 17.9 Å². The molecule has 0 aliphatic rings. The summed E-state index contributed by atoms with van der Waals surface area (Å²) in [4.78, 5) is 10.7. The number of rotatable bonds is 4. The molecular formula is C10H13NO4. The molecule has 0 aromatic heterocycles. The third-order valence-corrected chi connectivity index (χ3v) is 2.12. The van der Waals surface area contributed by atoms with Crippen molar-refractivity contribution in [3.63, 3.8) is 0 Å². The number of hydrogen-bond acceptors (Lipinski definition) is 4. The summed E-state index contributed by atoms with van der Waals surface area (Å²) in [5, 5.41) is 26.7. The molecule has 0 fully saturated rings. The molecule has 0 amide bonds. The van der Waals surface area contributed by atoms with Crippen LogP contribution in [0.1, 0.15) is 28.4 Å². The molecule has 0 aliphatic heterocycles. The summed E-state index contributed by atoms with van der Waals surface area (Å²) in [6.07, 6.45) is 0.351. The average Bonchev–Trinajstić information content (AvgIpc) is 2.18. The number of carboxylic acids is 1. The number of carbonyl (C=O) groups is 1. The third-order valence-electron chi connectivity index (χ3n) is 2.12. The highest BCUT2D eigenvalue weighted by molar-refractivity contribution is 5.90. The lowest BCUT2D eigenvalue weighted by atomic mass is 10.0. The van der Waals surface area contributed by atoms with Crippen molar-refractivity contribution >= 4 is 5.97 Å². The maximum Gasteiger partial charge on any atom is 0.339 e. The Hall–Kier alpha value is -1.59. The monoisotopic (exact) mass is 211 g/mol. The predicted molar refractivity (Wildman–Crippen MR) is 53.7 cm³/mol. The van der Waals surface area contributed by atoms with Crippen molar-refractivity contribution < 1.29 is 20.1 Å². The zero-order chi connectivity index (χ0) is 11.4. The Labute approximate surface area is 86.8 Å². The number of hydrogen-bond donors (Lipinski definition) is 4. The van der Waals surface area contributed by atoms with E-state index in [1.54, 1.807) is 6.07 Å². The Bertz CT molecular complexity index is 364. The van der Waals surface area contributed by atoms with E-state index in [0.717, 1.165) is 0 Å². The Balaban J connectivity index is 3.02. The van der Waals surface area contributed by atoms with Gasteiger partial charge < -0.3 is 21.1 Å². The van der Waals surface area contributed by atoms with Crippen molar-refractivity contribution in [3.05, 3.63) is 29.3 Å². The van der Waals surface area contributed by atoms with Gasteiger partial charge in [-0.15, -0.1) is 0 Å². The molecule has 0 spiro atoms. The van der Waals surface area contributed by atoms with Crippen molar-refractivity contribution in [2.75, 3.05) is 6.61 Å². The van der Waals surface area contributed by atoms with Gasteiger partial charge in [0, 0.05) is 12.6 Å². The lowest BCUT2D eigenvalue weighted by Gasteiger charge is -2.11. The van der Waals surface area contributed by atoms with Crippen LogP contribution < -0.4 is 5.73 Å². The molecule has 1 aromatic rings. The summed E-state index contributed by atoms with van der Waals surface area (Å²) in [5.74, 6) is -1.49. The molecule has 82 valence electrons. The molecule has 15 heavy (non-hydrogen) atoms. The highest BCUT2D eigenvalue weighted by atomic mass is 16.4. The topological polar surface area (TPSA) is 104 Å². The van der Waals surface area contributed by atoms with E-state index >= 15 is 0 Å². The second-order valence-corrected chi connectivity index (χ2v) is 3.20. The number of aromatic carboxylic acids is 1. The molecule has 0 heterocycles. The van der Waals surface area contributed by atoms with Gasteiger partial charge in [0.1, 0.15) is 11.3 Å². The van der Waals surface area contributed by atoms with E-state index in [2.05, 4.69) is 0 Å². The number of nitrogens with two attached hydrogens (primary N) is 1. The van der Waals surface area contributed by atoms with Gasteiger partial charge in [0.25, 0.3) is 0 Å². The van der Waals surface area contributed by atoms with Crippen molar-refractivity contribution in [3.8, 4) is 5.75 Å². The first-order valence-electron chi connectivity index (χ1n) is 4.49. The third kappa shape index (κ3) is 2.68. The number of aliphatic hydroxyl groups is 1. The minimum atomic E-state index is -1.20. The molecule has 1 atom stereocenters. The maximum absolute atomic E-state index is 10.7. The van der Waals surface area contributed by atoms with E-state index in [4.69, 9.17) is 15.9 Å². The van der Waals surface area contributed by atoms with E-state index in [0.29, 0.717) is 12.0 Å². The Morgan fingerprint density at radius 1 is 1.47 bits per heavy atom. The van der Waals surface area contributed by atoms with Crippen LogP contribution in [0.3, 0.4) is 0 Å². The van der Waals surface area contributed by atoms with Crippen LogP contribution in [0.4, 0.5) is 0 Å². The summed E-state index contributed by atoms with van der Waals surface area (Å²) in [5.41, 5.74) is 6.09. The zero-order valence-corrected chi connectivity index (χ0v) is 8.05. The Morgan fingerprint density at radius 3 is 2.67 bits per heavy atom. The van der Waals surface area contributed by atoms with Crippen LogP contribution in [-0.2, 0) is 0 Å². The molecule has 0 saturated carbocycles. The quantitative estimate of drug-likeness (QED) is 0.579. The van der Waals surface area contributed by atoms with Gasteiger partial charge in [0.15, 0.2) is 0 Å². The zero-order valence-electron chi connectivity index (χ0n) is 8.05. The van der Waals surface area contributed by atoms with Crippen molar-refractivity contribution in [1.29, 1.82) is 0 Å². The van der Waals surface area contributed by atoms with Gasteiger partial charge in [0.2, 0.25) is 0 Å². The van der Waals surface area contributed by atoms with Crippen LogP contribution >= 0.6 is 0 Å². The van der Waals surface area contributed by atoms with Gasteiger partial charge in [-0.05, 0) is 24.1 Å². The van der Waals surface area contributed by atoms with Gasteiger partial charge in [0.05, 0.1) is 0 Å². The average molecular weight is 211 g/mol. The SMILES string of the molecule is N[C@H](CCO)c1ccc(O)c(C(=O)O)c1. The second kappa shape index (κ2) is 4.77. The summed E-state index contributed by atoms with van der Waals surface area (Å²) >= 11 is 0. The lowest BCUT2D eigenvalue weighted by Crippen LogP contribution is -2.12. The number of aliphatic hydroxyl groups excluding tert-OH is 1. The fourth-order valence-corrected chi connectivity index (χ4v) is 1.26. The Kier molecular flexibility index (Phi) is 3.65. The van der Waals surface area contributed by atoms with Crippen molar-refractivity contribution in [2.24, 2.45) is 5.73 Å². The number of benzene rings is 1. The van der Waals surface area contributed by atoms with Crippen LogP contribution in [0.25, 0.3) is 0 Å². The minimum absolute atomic E-state index is 0.0650. The highest BCUT2D eigenvalue weighted by Crippen LogP contribution is 2.22. The molecule has 0 aliphatic carbocycles. The van der Waals surface area contributed by atoms with Gasteiger partial charge in [-0.3, -0.25) is 0 Å². The van der Waals surface area contributed by atoms with Crippen LogP contribution in [0.2, 0.25) is 0 Å². The number of phenols is 1. The molecule has 5 N–H and O–H groups in total. The first kappa shape index (κ1) is 11.5. The van der Waals surface area contributed by atoms with Crippen LogP contribution in [0, 0.1) is 0 Å². The van der Waals surface area contributed by atoms with E-state index in [1.807, 2.05) is 0 Å². The molecule has 0 saturated heterocycles. The van der Waals surface area contributed by atoms with Crippen molar-refractivity contribution in [2.45, 2.75) is 12.5 Å². The fourth-order valence-electron chi connectivity index (χ4n) is 1.26. The molecule has 0 bridgehead atoms. The smallest absolute Gasteiger partial charge is 0.339 e. The van der Waals surface area contributed by atoms with Gasteiger partial charge in [-0.25, -0.2) is 4.79 Å². The number of carboxylic acid groups (broad SMARTS) is 1. The maximum atomic E-state index is 10.7. The van der Waals surface area contributed by atoms with Crippen LogP contribution in [-0.4, -0.2) is 27.9 Å². The molecule has 0 unspecified atom stereocenters. The van der Waals surface area contributed by atoms with Gasteiger partial charge >= 0.3 is 5.97 Å². The predicted octanol–water partition coefficient (Wildman–Crippen LogP) is 0.473. The highest BCUT2D eigenvalue weighted by Gasteiger charge is 2.13. The van der Waals surface area contributed by atoms with Crippen molar-refractivity contribution in [1.82, 2.24) is 0 Å². The minimum Gasteiger partial charge on any atom is -0.507 e. The first-order chi connectivity index (χ1) is 7.06. The molecule has 5 heteroatoms. The normalized spacial score (nSPS) is 12.4. The summed E-state index contributed by atoms with van der Waals surface area (Å²) in [6, 6.07) is 3.73. The second-order valence-electron chi connectivity index (χ2n) is 3.20. The molecular weight excluding hydrogens is 198 g/mol. The molecule has 5 nitrogen and oxygen atoms in total. The first-order valence-corrected chi connectivity index (χ1v) is 4.49.